The molecule has 134 valence electrons. The van der Waals surface area contributed by atoms with Crippen LogP contribution in [0.15, 0.2) is 71.6 Å². The normalized spacial score (nSPS) is 11.7. The second-order valence-electron chi connectivity index (χ2n) is 6.49. The third kappa shape index (κ3) is 2.86. The summed E-state index contributed by atoms with van der Waals surface area (Å²) < 4.78 is 23.7. The molecular weight excluding hydrogens is 360 g/mol. The number of fused-ring (bicyclic) bond motifs is 2. The van der Waals surface area contributed by atoms with Crippen molar-refractivity contribution in [1.82, 2.24) is 0 Å². The van der Waals surface area contributed by atoms with Gasteiger partial charge in [-0.2, -0.15) is 0 Å². The summed E-state index contributed by atoms with van der Waals surface area (Å²) in [6.07, 6.45) is 1.83. The Hall–Kier alpha value is -3.18. The minimum atomic E-state index is -3.32. The number of aromatic hydroxyl groups is 1. The van der Waals surface area contributed by atoms with E-state index >= 15 is 0 Å². The number of carbonyl (C=O) groups excluding carboxylic acids is 1. The van der Waals surface area contributed by atoms with Crippen molar-refractivity contribution in [2.24, 2.45) is 0 Å². The molecule has 0 aromatic heterocycles. The molecule has 4 aromatic carbocycles. The van der Waals surface area contributed by atoms with Crippen molar-refractivity contribution in [3.63, 3.8) is 0 Å². The van der Waals surface area contributed by atoms with Crippen LogP contribution >= 0.6 is 0 Å². The molecule has 4 nitrogen and oxygen atoms in total. The van der Waals surface area contributed by atoms with Gasteiger partial charge in [-0.1, -0.05) is 48.5 Å². The van der Waals surface area contributed by atoms with Gasteiger partial charge in [0.15, 0.2) is 16.1 Å². The first-order valence-corrected chi connectivity index (χ1v) is 10.2. The molecule has 0 spiro atoms. The lowest BCUT2D eigenvalue weighted by Gasteiger charge is -2.13. The number of benzene rings is 4. The highest BCUT2D eigenvalue weighted by Gasteiger charge is 2.16. The number of aldehydes is 1. The maximum Gasteiger partial charge on any atom is 0.175 e. The number of phenolic OH excluding ortho intramolecular Hbond substituents is 1. The fraction of sp³-hybridized carbons (Fsp3) is 0.0455. The highest BCUT2D eigenvalue weighted by Crippen LogP contribution is 2.40. The Bertz CT molecular complexity index is 1320. The summed E-state index contributed by atoms with van der Waals surface area (Å²) in [5, 5.41) is 13.8. The summed E-state index contributed by atoms with van der Waals surface area (Å²) in [6, 6.07) is 19.6. The maximum absolute atomic E-state index is 11.8. The van der Waals surface area contributed by atoms with Crippen molar-refractivity contribution in [2.75, 3.05) is 6.26 Å². The van der Waals surface area contributed by atoms with E-state index in [4.69, 9.17) is 0 Å². The van der Waals surface area contributed by atoms with Gasteiger partial charge in [0.2, 0.25) is 0 Å². The molecule has 0 radical (unpaired) electrons. The molecule has 0 fully saturated rings. The number of sulfone groups is 1. The molecule has 0 bridgehead atoms. The number of hydrogen-bond donors (Lipinski definition) is 1. The molecule has 0 aliphatic heterocycles. The minimum Gasteiger partial charge on any atom is -0.507 e. The molecule has 0 aliphatic rings. The lowest BCUT2D eigenvalue weighted by atomic mass is 9.93. The van der Waals surface area contributed by atoms with Gasteiger partial charge < -0.3 is 5.11 Å². The zero-order valence-electron chi connectivity index (χ0n) is 14.5. The Kier molecular flexibility index (Phi) is 3.97. The first-order chi connectivity index (χ1) is 12.9. The van der Waals surface area contributed by atoms with Crippen LogP contribution in [0, 0.1) is 0 Å². The van der Waals surface area contributed by atoms with Crippen LogP contribution in [-0.4, -0.2) is 26.1 Å². The molecule has 27 heavy (non-hydrogen) atoms. The standard InChI is InChI=1S/C22H16O4S/c1-27(25,26)16-9-10-18-14(11-16)6-4-8-19(18)20-12-15-5-2-3-7-17(15)21(13-23)22(20)24/h2-13,24H,1H3. The first-order valence-electron chi connectivity index (χ1n) is 8.33. The van der Waals surface area contributed by atoms with Gasteiger partial charge in [0.25, 0.3) is 0 Å². The van der Waals surface area contributed by atoms with Gasteiger partial charge in [-0.3, -0.25) is 4.79 Å². The zero-order chi connectivity index (χ0) is 19.2. The highest BCUT2D eigenvalue weighted by molar-refractivity contribution is 7.90. The molecule has 0 unspecified atom stereocenters. The van der Waals surface area contributed by atoms with Crippen LogP contribution in [0.4, 0.5) is 0 Å². The fourth-order valence-electron chi connectivity index (χ4n) is 3.42. The average molecular weight is 376 g/mol. The van der Waals surface area contributed by atoms with Gasteiger partial charge in [0, 0.05) is 11.8 Å². The predicted octanol–water partition coefficient (Wildman–Crippen LogP) is 4.58. The number of hydrogen-bond acceptors (Lipinski definition) is 4. The molecule has 1 N–H and O–H groups in total. The number of rotatable bonds is 3. The molecular formula is C22H16O4S. The van der Waals surface area contributed by atoms with E-state index in [-0.39, 0.29) is 16.2 Å². The summed E-state index contributed by atoms with van der Waals surface area (Å²) in [7, 11) is -3.32. The Morgan fingerprint density at radius 2 is 1.52 bits per heavy atom. The summed E-state index contributed by atoms with van der Waals surface area (Å²) in [6.45, 7) is 0. The summed E-state index contributed by atoms with van der Waals surface area (Å²) in [5.41, 5.74) is 1.51. The minimum absolute atomic E-state index is 0.0802. The second kappa shape index (κ2) is 6.21. The van der Waals surface area contributed by atoms with Crippen LogP contribution in [0.3, 0.4) is 0 Å². The second-order valence-corrected chi connectivity index (χ2v) is 8.50. The smallest absolute Gasteiger partial charge is 0.175 e. The van der Waals surface area contributed by atoms with Crippen LogP contribution in [0.1, 0.15) is 10.4 Å². The van der Waals surface area contributed by atoms with Gasteiger partial charge in [-0.25, -0.2) is 8.42 Å². The lowest BCUT2D eigenvalue weighted by Crippen LogP contribution is -1.96. The van der Waals surface area contributed by atoms with Crippen LogP contribution < -0.4 is 0 Å². The summed E-state index contributed by atoms with van der Waals surface area (Å²) in [5.74, 6) is -0.0802. The first kappa shape index (κ1) is 17.2. The van der Waals surface area contributed by atoms with Crippen molar-refractivity contribution in [3.8, 4) is 16.9 Å². The maximum atomic E-state index is 11.8. The summed E-state index contributed by atoms with van der Waals surface area (Å²) >= 11 is 0. The Morgan fingerprint density at radius 1 is 0.815 bits per heavy atom. The van der Waals surface area contributed by atoms with E-state index < -0.39 is 9.84 Å². The zero-order valence-corrected chi connectivity index (χ0v) is 15.3. The molecule has 0 saturated heterocycles. The van der Waals surface area contributed by atoms with Gasteiger partial charge in [0.1, 0.15) is 5.75 Å². The monoisotopic (exact) mass is 376 g/mol. The Labute approximate surface area is 156 Å². The van der Waals surface area contributed by atoms with E-state index in [1.807, 2.05) is 36.4 Å². The molecule has 0 atom stereocenters. The van der Waals surface area contributed by atoms with E-state index in [0.717, 1.165) is 21.7 Å². The van der Waals surface area contributed by atoms with Gasteiger partial charge in [-0.15, -0.1) is 0 Å². The van der Waals surface area contributed by atoms with E-state index in [1.54, 1.807) is 30.3 Å². The Balaban J connectivity index is 2.06. The fourth-order valence-corrected chi connectivity index (χ4v) is 4.07. The van der Waals surface area contributed by atoms with Crippen molar-refractivity contribution < 1.29 is 18.3 Å². The SMILES string of the molecule is CS(=O)(=O)c1ccc2c(-c3cc4ccccc4c(C=O)c3O)cccc2c1. The average Bonchev–Trinajstić information content (AvgIpc) is 2.66. The van der Waals surface area contributed by atoms with Crippen molar-refractivity contribution >= 4 is 37.7 Å². The molecule has 0 aliphatic carbocycles. The van der Waals surface area contributed by atoms with E-state index in [9.17, 15) is 18.3 Å². The molecule has 0 saturated carbocycles. The Morgan fingerprint density at radius 3 is 2.26 bits per heavy atom. The molecule has 5 heteroatoms. The van der Waals surface area contributed by atoms with Crippen molar-refractivity contribution in [2.45, 2.75) is 4.90 Å². The van der Waals surface area contributed by atoms with Crippen LogP contribution in [0.5, 0.6) is 5.75 Å². The van der Waals surface area contributed by atoms with Crippen molar-refractivity contribution in [3.05, 3.63) is 72.3 Å². The van der Waals surface area contributed by atoms with E-state index in [0.29, 0.717) is 17.2 Å². The topological polar surface area (TPSA) is 71.4 Å². The highest BCUT2D eigenvalue weighted by atomic mass is 32.2. The number of phenols is 1. The molecule has 4 aromatic rings. The largest absolute Gasteiger partial charge is 0.507 e. The van der Waals surface area contributed by atoms with E-state index in [1.165, 1.54) is 6.26 Å². The van der Waals surface area contributed by atoms with Crippen molar-refractivity contribution in [1.29, 1.82) is 0 Å². The van der Waals surface area contributed by atoms with Gasteiger partial charge >= 0.3 is 0 Å². The lowest BCUT2D eigenvalue weighted by molar-refractivity contribution is 0.112. The van der Waals surface area contributed by atoms with Gasteiger partial charge in [0.05, 0.1) is 10.5 Å². The van der Waals surface area contributed by atoms with E-state index in [2.05, 4.69) is 0 Å². The van der Waals surface area contributed by atoms with Crippen LogP contribution in [0.2, 0.25) is 0 Å². The molecule has 0 amide bonds. The summed E-state index contributed by atoms with van der Waals surface area (Å²) in [4.78, 5) is 11.9. The molecule has 4 rings (SSSR count). The third-order valence-electron chi connectivity index (χ3n) is 4.75. The third-order valence-corrected chi connectivity index (χ3v) is 5.86. The number of carbonyl (C=O) groups is 1. The quantitative estimate of drug-likeness (QED) is 0.531. The predicted molar refractivity (Wildman–Crippen MR) is 107 cm³/mol. The van der Waals surface area contributed by atoms with Crippen LogP contribution in [-0.2, 0) is 9.84 Å². The molecule has 0 heterocycles. The van der Waals surface area contributed by atoms with Gasteiger partial charge in [-0.05, 0) is 45.3 Å². The van der Waals surface area contributed by atoms with Crippen LogP contribution in [0.25, 0.3) is 32.7 Å².